The lowest BCUT2D eigenvalue weighted by atomic mass is 9.81. The Bertz CT molecular complexity index is 462. The summed E-state index contributed by atoms with van der Waals surface area (Å²) in [5.74, 6) is -2.26. The van der Waals surface area contributed by atoms with E-state index in [1.54, 1.807) is 13.8 Å². The molecule has 1 amide bonds. The molecule has 0 radical (unpaired) electrons. The number of likely N-dealkylation sites (tertiary alicyclic amines) is 1. The van der Waals surface area contributed by atoms with Crippen molar-refractivity contribution in [1.29, 1.82) is 0 Å². The van der Waals surface area contributed by atoms with Gasteiger partial charge in [0.1, 0.15) is 0 Å². The van der Waals surface area contributed by atoms with Gasteiger partial charge in [-0.1, -0.05) is 6.92 Å². The van der Waals surface area contributed by atoms with E-state index in [0.717, 1.165) is 0 Å². The third kappa shape index (κ3) is 3.66. The van der Waals surface area contributed by atoms with Gasteiger partial charge in [-0.2, -0.15) is 0 Å². The monoisotopic (exact) mass is 292 g/mol. The number of amides is 1. The van der Waals surface area contributed by atoms with Crippen LogP contribution in [0, 0.1) is 11.8 Å². The van der Waals surface area contributed by atoms with Gasteiger partial charge in [0.15, 0.2) is 0 Å². The van der Waals surface area contributed by atoms with Crippen LogP contribution >= 0.6 is 0 Å². The molecule has 0 spiro atoms. The van der Waals surface area contributed by atoms with Crippen LogP contribution in [0.3, 0.4) is 0 Å². The predicted molar refractivity (Wildman–Crippen MR) is 68.9 cm³/mol. The van der Waals surface area contributed by atoms with E-state index in [4.69, 9.17) is 0 Å². The fraction of sp³-hybridized carbons (Fsp3) is 0.818. The van der Waals surface area contributed by atoms with Gasteiger partial charge in [-0.15, -0.1) is 0 Å². The number of carboxylic acid groups (broad SMARTS) is 1. The fourth-order valence-electron chi connectivity index (χ4n) is 2.51. The second-order valence-electron chi connectivity index (χ2n) is 4.90. The van der Waals surface area contributed by atoms with E-state index in [1.807, 2.05) is 0 Å². The third-order valence-corrected chi connectivity index (χ3v) is 4.98. The van der Waals surface area contributed by atoms with Crippen LogP contribution in [0.5, 0.6) is 0 Å². The van der Waals surface area contributed by atoms with Crippen LogP contribution in [0.4, 0.5) is 0 Å². The van der Waals surface area contributed by atoms with E-state index in [1.165, 1.54) is 11.9 Å². The van der Waals surface area contributed by atoms with Crippen LogP contribution in [0.25, 0.3) is 0 Å². The molecule has 1 saturated heterocycles. The van der Waals surface area contributed by atoms with Crippen molar-refractivity contribution in [3.63, 3.8) is 0 Å². The Morgan fingerprint density at radius 3 is 2.53 bits per heavy atom. The molecule has 19 heavy (non-hydrogen) atoms. The Balaban J connectivity index is 2.82. The Labute approximate surface area is 113 Å². The van der Waals surface area contributed by atoms with Crippen LogP contribution in [0.15, 0.2) is 0 Å². The molecule has 8 heteroatoms. The van der Waals surface area contributed by atoms with Gasteiger partial charge in [-0.3, -0.25) is 9.59 Å². The van der Waals surface area contributed by atoms with E-state index in [0.29, 0.717) is 0 Å². The zero-order valence-corrected chi connectivity index (χ0v) is 12.1. The minimum atomic E-state index is -3.41. The number of aliphatic carboxylic acids is 1. The lowest BCUT2D eigenvalue weighted by molar-refractivity contribution is -0.154. The smallest absolute Gasteiger partial charge is 0.308 e. The molecule has 0 bridgehead atoms. The minimum absolute atomic E-state index is 0.0136. The summed E-state index contributed by atoms with van der Waals surface area (Å²) in [7, 11) is -2.10. The molecule has 0 aromatic rings. The topological polar surface area (TPSA) is 104 Å². The standard InChI is InChI=1S/C11H20N2O5S/c1-7-6-9(14)13(4-5-19(17,18)12-3)8(2)10(7)11(15)16/h7-8,10,12H,4-6H2,1-3H3,(H,15,16). The van der Waals surface area contributed by atoms with Gasteiger partial charge < -0.3 is 10.0 Å². The SMILES string of the molecule is CNS(=O)(=O)CCN1C(=O)CC(C)C(C(=O)O)C1C. The van der Waals surface area contributed by atoms with Crippen molar-refractivity contribution < 1.29 is 23.1 Å². The van der Waals surface area contributed by atoms with E-state index in [2.05, 4.69) is 4.72 Å². The molecule has 1 heterocycles. The first-order valence-corrected chi connectivity index (χ1v) is 7.78. The molecular formula is C11H20N2O5S. The first kappa shape index (κ1) is 15.9. The normalized spacial score (nSPS) is 28.5. The number of carbonyl (C=O) groups is 2. The summed E-state index contributed by atoms with van der Waals surface area (Å²) in [5.41, 5.74) is 0. The van der Waals surface area contributed by atoms with Crippen molar-refractivity contribution in [3.05, 3.63) is 0 Å². The van der Waals surface area contributed by atoms with Gasteiger partial charge in [0, 0.05) is 19.0 Å². The summed E-state index contributed by atoms with van der Waals surface area (Å²) in [5, 5.41) is 9.19. The van der Waals surface area contributed by atoms with Gasteiger partial charge in [-0.05, 0) is 19.9 Å². The highest BCUT2D eigenvalue weighted by molar-refractivity contribution is 7.89. The molecule has 1 aliphatic heterocycles. The molecule has 0 aromatic carbocycles. The Morgan fingerprint density at radius 1 is 1.47 bits per heavy atom. The van der Waals surface area contributed by atoms with Gasteiger partial charge >= 0.3 is 5.97 Å². The van der Waals surface area contributed by atoms with Crippen molar-refractivity contribution in [2.24, 2.45) is 11.8 Å². The van der Waals surface area contributed by atoms with Gasteiger partial charge in [0.25, 0.3) is 0 Å². The van der Waals surface area contributed by atoms with E-state index >= 15 is 0 Å². The summed E-state index contributed by atoms with van der Waals surface area (Å²) in [4.78, 5) is 24.5. The number of hydrogen-bond donors (Lipinski definition) is 2. The van der Waals surface area contributed by atoms with Crippen LogP contribution < -0.4 is 4.72 Å². The molecule has 0 aromatic heterocycles. The van der Waals surface area contributed by atoms with Crippen LogP contribution in [-0.2, 0) is 19.6 Å². The average Bonchev–Trinajstić information content (AvgIpc) is 2.27. The summed E-state index contributed by atoms with van der Waals surface area (Å²) < 4.78 is 24.9. The van der Waals surface area contributed by atoms with Crippen molar-refractivity contribution >= 4 is 21.9 Å². The highest BCUT2D eigenvalue weighted by atomic mass is 32.2. The number of nitrogens with zero attached hydrogens (tertiary/aromatic N) is 1. The number of hydrogen-bond acceptors (Lipinski definition) is 4. The third-order valence-electron chi connectivity index (χ3n) is 3.64. The first-order chi connectivity index (χ1) is 8.69. The number of carbonyl (C=O) groups excluding carboxylic acids is 1. The quantitative estimate of drug-likeness (QED) is 0.710. The van der Waals surface area contributed by atoms with Gasteiger partial charge in [-0.25, -0.2) is 13.1 Å². The van der Waals surface area contributed by atoms with Crippen molar-refractivity contribution in [1.82, 2.24) is 9.62 Å². The summed E-state index contributed by atoms with van der Waals surface area (Å²) >= 11 is 0. The Kier molecular flexibility index (Phi) is 4.92. The lowest BCUT2D eigenvalue weighted by Gasteiger charge is -2.40. The molecule has 3 atom stereocenters. The van der Waals surface area contributed by atoms with E-state index in [-0.39, 0.29) is 30.5 Å². The molecule has 1 aliphatic rings. The zero-order valence-electron chi connectivity index (χ0n) is 11.3. The maximum atomic E-state index is 11.9. The first-order valence-electron chi connectivity index (χ1n) is 6.13. The number of rotatable bonds is 5. The number of nitrogens with one attached hydrogen (secondary N) is 1. The van der Waals surface area contributed by atoms with Gasteiger partial charge in [0.2, 0.25) is 15.9 Å². The number of carboxylic acids is 1. The molecule has 1 fully saturated rings. The highest BCUT2D eigenvalue weighted by Gasteiger charge is 2.41. The molecule has 110 valence electrons. The van der Waals surface area contributed by atoms with Crippen molar-refractivity contribution in [2.45, 2.75) is 26.3 Å². The second-order valence-corrected chi connectivity index (χ2v) is 6.94. The maximum Gasteiger partial charge on any atom is 0.308 e. The number of piperidine rings is 1. The second kappa shape index (κ2) is 5.87. The molecule has 1 rings (SSSR count). The van der Waals surface area contributed by atoms with E-state index in [9.17, 15) is 23.1 Å². The molecule has 2 N–H and O–H groups in total. The summed E-state index contributed by atoms with van der Waals surface area (Å²) in [6.07, 6.45) is 0.140. The Morgan fingerprint density at radius 2 is 2.05 bits per heavy atom. The maximum absolute atomic E-state index is 11.9. The summed E-state index contributed by atoms with van der Waals surface area (Å²) in [6.45, 7) is 3.40. The van der Waals surface area contributed by atoms with Crippen molar-refractivity contribution in [2.75, 3.05) is 19.3 Å². The predicted octanol–water partition coefficient (Wildman–Crippen LogP) is -0.507. The zero-order chi connectivity index (χ0) is 14.8. The highest BCUT2D eigenvalue weighted by Crippen LogP contribution is 2.29. The molecule has 3 unspecified atom stereocenters. The molecule has 0 saturated carbocycles. The molecular weight excluding hydrogens is 272 g/mol. The lowest BCUT2D eigenvalue weighted by Crippen LogP contribution is -2.54. The van der Waals surface area contributed by atoms with Crippen LogP contribution in [-0.4, -0.2) is 55.7 Å². The molecule has 7 nitrogen and oxygen atoms in total. The van der Waals surface area contributed by atoms with Gasteiger partial charge in [0.05, 0.1) is 11.7 Å². The minimum Gasteiger partial charge on any atom is -0.481 e. The number of sulfonamides is 1. The molecule has 0 aliphatic carbocycles. The van der Waals surface area contributed by atoms with Crippen molar-refractivity contribution in [3.8, 4) is 0 Å². The van der Waals surface area contributed by atoms with Crippen LogP contribution in [0.1, 0.15) is 20.3 Å². The summed E-state index contributed by atoms with van der Waals surface area (Å²) in [6, 6.07) is -0.499. The largest absolute Gasteiger partial charge is 0.481 e. The fourth-order valence-corrected chi connectivity index (χ4v) is 3.16. The Hall–Kier alpha value is -1.15. The average molecular weight is 292 g/mol. The van der Waals surface area contributed by atoms with E-state index < -0.39 is 28.0 Å². The van der Waals surface area contributed by atoms with Crippen LogP contribution in [0.2, 0.25) is 0 Å².